The van der Waals surface area contributed by atoms with E-state index in [9.17, 15) is 4.55 Å². The largest absolute Gasteiger partial charge is 0.593 e. The number of hydrogen-bond donors (Lipinski definition) is 2. The Labute approximate surface area is 144 Å². The normalized spacial score (nSPS) is 14.0. The van der Waals surface area contributed by atoms with Crippen molar-refractivity contribution >= 4 is 46.1 Å². The Morgan fingerprint density at radius 3 is 3.09 bits per heavy atom. The first-order valence-corrected chi connectivity index (χ1v) is 9.88. The highest BCUT2D eigenvalue weighted by Crippen LogP contribution is 2.42. The van der Waals surface area contributed by atoms with Crippen LogP contribution in [0.2, 0.25) is 0 Å². The van der Waals surface area contributed by atoms with E-state index in [2.05, 4.69) is 26.7 Å². The summed E-state index contributed by atoms with van der Waals surface area (Å²) in [4.78, 5) is 12.0. The standard InChI is InChI=1S/C15H12N4OS3/c16-23(20)10-3-1-2-9(6-10)18-15-17-7-12-14(19-15)11-4-5-21-13(11)8-22-12/h1-7H,8,16H2,(H,17,18,19). The Morgan fingerprint density at radius 2 is 2.22 bits per heavy atom. The Morgan fingerprint density at radius 1 is 1.30 bits per heavy atom. The number of aromatic nitrogens is 2. The minimum absolute atomic E-state index is 0.517. The Balaban J connectivity index is 1.67. The molecule has 3 N–H and O–H groups in total. The summed E-state index contributed by atoms with van der Waals surface area (Å²) in [5, 5.41) is 10.7. The van der Waals surface area contributed by atoms with E-state index in [0.717, 1.165) is 22.0 Å². The number of hydrogen-bond acceptors (Lipinski definition) is 7. The zero-order chi connectivity index (χ0) is 15.8. The van der Waals surface area contributed by atoms with Crippen LogP contribution >= 0.6 is 23.1 Å². The fourth-order valence-electron chi connectivity index (χ4n) is 2.36. The van der Waals surface area contributed by atoms with Gasteiger partial charge in [0.2, 0.25) is 5.95 Å². The van der Waals surface area contributed by atoms with Gasteiger partial charge in [-0.3, -0.25) is 0 Å². The van der Waals surface area contributed by atoms with Gasteiger partial charge in [0.15, 0.2) is 4.90 Å². The van der Waals surface area contributed by atoms with Gasteiger partial charge in [-0.1, -0.05) is 6.07 Å². The number of thiophene rings is 1. The van der Waals surface area contributed by atoms with E-state index in [1.165, 1.54) is 10.4 Å². The topological polar surface area (TPSA) is 86.9 Å². The van der Waals surface area contributed by atoms with Gasteiger partial charge in [0.1, 0.15) is 0 Å². The molecule has 23 heavy (non-hydrogen) atoms. The first-order valence-electron chi connectivity index (χ1n) is 6.80. The fraction of sp³-hybridized carbons (Fsp3) is 0.0667. The molecular formula is C15H12N4OS3. The molecule has 1 aromatic carbocycles. The van der Waals surface area contributed by atoms with Crippen molar-refractivity contribution in [3.05, 3.63) is 46.8 Å². The molecule has 2 aromatic heterocycles. The van der Waals surface area contributed by atoms with Gasteiger partial charge in [-0.2, -0.15) is 0 Å². The summed E-state index contributed by atoms with van der Waals surface area (Å²) >= 11 is 2.01. The lowest BCUT2D eigenvalue weighted by molar-refractivity contribution is 0.597. The molecule has 5 nitrogen and oxygen atoms in total. The van der Waals surface area contributed by atoms with E-state index < -0.39 is 11.4 Å². The lowest BCUT2D eigenvalue weighted by atomic mass is 10.2. The maximum atomic E-state index is 11.4. The average molecular weight is 360 g/mol. The molecule has 1 aliphatic rings. The summed E-state index contributed by atoms with van der Waals surface area (Å²) in [6.45, 7) is 0. The van der Waals surface area contributed by atoms with Gasteiger partial charge in [-0.25, -0.2) is 9.97 Å². The lowest BCUT2D eigenvalue weighted by Crippen LogP contribution is -2.12. The summed E-state index contributed by atoms with van der Waals surface area (Å²) in [5.74, 6) is 1.49. The van der Waals surface area contributed by atoms with E-state index in [4.69, 9.17) is 5.14 Å². The monoisotopic (exact) mass is 360 g/mol. The van der Waals surface area contributed by atoms with E-state index in [-0.39, 0.29) is 0 Å². The van der Waals surface area contributed by atoms with Crippen molar-refractivity contribution < 1.29 is 4.55 Å². The third-order valence-electron chi connectivity index (χ3n) is 3.44. The summed E-state index contributed by atoms with van der Waals surface area (Å²) in [7, 11) is 0. The molecule has 0 amide bonds. The second-order valence-electron chi connectivity index (χ2n) is 4.90. The number of nitrogens with two attached hydrogens (primary N) is 1. The van der Waals surface area contributed by atoms with E-state index in [1.54, 1.807) is 41.3 Å². The van der Waals surface area contributed by atoms with Crippen molar-refractivity contribution in [1.29, 1.82) is 0 Å². The summed E-state index contributed by atoms with van der Waals surface area (Å²) in [6.07, 6.45) is 1.85. The van der Waals surface area contributed by atoms with Crippen molar-refractivity contribution in [2.24, 2.45) is 5.14 Å². The lowest BCUT2D eigenvalue weighted by Gasteiger charge is -2.15. The smallest absolute Gasteiger partial charge is 0.227 e. The van der Waals surface area contributed by atoms with Gasteiger partial charge in [0.05, 0.1) is 22.0 Å². The number of nitrogens with zero attached hydrogens (tertiary/aromatic N) is 2. The van der Waals surface area contributed by atoms with Crippen LogP contribution in [0.5, 0.6) is 0 Å². The molecule has 8 heteroatoms. The second-order valence-corrected chi connectivity index (χ2v) is 7.99. The first kappa shape index (κ1) is 15.0. The minimum Gasteiger partial charge on any atom is -0.593 e. The summed E-state index contributed by atoms with van der Waals surface area (Å²) in [5.41, 5.74) is 2.91. The number of thioether (sulfide) groups is 1. The van der Waals surface area contributed by atoms with E-state index in [1.807, 2.05) is 12.3 Å². The minimum atomic E-state index is -1.51. The molecule has 1 unspecified atom stereocenters. The molecule has 0 aliphatic carbocycles. The number of nitrogens with one attached hydrogen (secondary N) is 1. The van der Waals surface area contributed by atoms with E-state index >= 15 is 0 Å². The molecule has 1 aliphatic heterocycles. The summed E-state index contributed by atoms with van der Waals surface area (Å²) < 4.78 is 11.4. The highest BCUT2D eigenvalue weighted by Gasteiger charge is 2.20. The van der Waals surface area contributed by atoms with Crippen molar-refractivity contribution in [2.45, 2.75) is 15.5 Å². The molecule has 0 spiro atoms. The number of fused-ring (bicyclic) bond motifs is 3. The molecule has 0 saturated heterocycles. The predicted octanol–water partition coefficient (Wildman–Crippen LogP) is 3.54. The van der Waals surface area contributed by atoms with Crippen molar-refractivity contribution in [3.63, 3.8) is 0 Å². The number of rotatable bonds is 3. The van der Waals surface area contributed by atoms with Crippen molar-refractivity contribution in [2.75, 3.05) is 5.32 Å². The fourth-order valence-corrected chi connectivity index (χ4v) is 4.79. The van der Waals surface area contributed by atoms with Crippen LogP contribution < -0.4 is 10.5 Å². The van der Waals surface area contributed by atoms with Gasteiger partial charge < -0.3 is 9.87 Å². The maximum Gasteiger partial charge on any atom is 0.227 e. The molecule has 0 radical (unpaired) electrons. The van der Waals surface area contributed by atoms with Crippen LogP contribution in [-0.2, 0) is 17.1 Å². The van der Waals surface area contributed by atoms with Gasteiger partial charge in [0.25, 0.3) is 0 Å². The van der Waals surface area contributed by atoms with Crippen molar-refractivity contribution in [3.8, 4) is 11.3 Å². The number of benzene rings is 1. The quantitative estimate of drug-likeness (QED) is 0.695. The average Bonchev–Trinajstić information content (AvgIpc) is 3.04. The van der Waals surface area contributed by atoms with Crippen LogP contribution in [0.15, 0.2) is 51.7 Å². The van der Waals surface area contributed by atoms with Crippen LogP contribution in [0.4, 0.5) is 11.6 Å². The van der Waals surface area contributed by atoms with Crippen LogP contribution in [0.25, 0.3) is 11.3 Å². The maximum absolute atomic E-state index is 11.4. The molecular weight excluding hydrogens is 348 g/mol. The third-order valence-corrected chi connectivity index (χ3v) is 6.30. The van der Waals surface area contributed by atoms with Gasteiger partial charge in [0, 0.05) is 34.1 Å². The molecule has 0 fully saturated rings. The predicted molar refractivity (Wildman–Crippen MR) is 95.2 cm³/mol. The molecule has 0 bridgehead atoms. The molecule has 1 atom stereocenters. The molecule has 4 rings (SSSR count). The number of anilines is 2. The Bertz CT molecular complexity index is 865. The van der Waals surface area contributed by atoms with Crippen LogP contribution in [0.1, 0.15) is 4.88 Å². The second kappa shape index (κ2) is 6.14. The zero-order valence-corrected chi connectivity index (χ0v) is 14.3. The van der Waals surface area contributed by atoms with Crippen LogP contribution in [0, 0.1) is 0 Å². The van der Waals surface area contributed by atoms with Gasteiger partial charge in [-0.15, -0.1) is 28.2 Å². The Kier molecular flexibility index (Phi) is 4.00. The first-order chi connectivity index (χ1) is 11.2. The van der Waals surface area contributed by atoms with Gasteiger partial charge in [-0.05, 0) is 23.6 Å². The Hall–Kier alpha value is -1.58. The molecule has 116 valence electrons. The van der Waals surface area contributed by atoms with Crippen molar-refractivity contribution in [1.82, 2.24) is 9.97 Å². The zero-order valence-electron chi connectivity index (χ0n) is 11.9. The molecule has 3 aromatic rings. The highest BCUT2D eigenvalue weighted by molar-refractivity contribution is 7.98. The summed E-state index contributed by atoms with van der Waals surface area (Å²) in [6, 6.07) is 9.23. The van der Waals surface area contributed by atoms with E-state index in [0.29, 0.717) is 10.8 Å². The highest BCUT2D eigenvalue weighted by atomic mass is 32.2. The van der Waals surface area contributed by atoms with Crippen LogP contribution in [-0.4, -0.2) is 14.5 Å². The SMILES string of the molecule is N[S+]([O-])c1cccc(Nc2ncc3c(n2)-c2ccsc2CS3)c1. The third kappa shape index (κ3) is 2.96. The molecule has 0 saturated carbocycles. The van der Waals surface area contributed by atoms with Gasteiger partial charge >= 0.3 is 0 Å². The molecule has 3 heterocycles. The van der Waals surface area contributed by atoms with Crippen LogP contribution in [0.3, 0.4) is 0 Å².